The second-order valence-corrected chi connectivity index (χ2v) is 5.99. The van der Waals surface area contributed by atoms with Crippen molar-refractivity contribution in [1.82, 2.24) is 0 Å². The van der Waals surface area contributed by atoms with Gasteiger partial charge in [-0.3, -0.25) is 0 Å². The SMILES string of the molecule is CC(C)CC1=CC2C(O)CCC2C(C)C1. The monoisotopic (exact) mass is 208 g/mol. The summed E-state index contributed by atoms with van der Waals surface area (Å²) in [7, 11) is 0. The Bertz CT molecular complexity index is 254. The molecule has 1 saturated carbocycles. The summed E-state index contributed by atoms with van der Waals surface area (Å²) in [6.07, 6.45) is 7.10. The maximum atomic E-state index is 9.95. The molecule has 1 N–H and O–H groups in total. The maximum absolute atomic E-state index is 9.95. The van der Waals surface area contributed by atoms with Crippen LogP contribution in [0.15, 0.2) is 11.6 Å². The fourth-order valence-corrected chi connectivity index (χ4v) is 3.51. The largest absolute Gasteiger partial charge is 0.393 e. The molecule has 86 valence electrons. The Kier molecular flexibility index (Phi) is 3.20. The van der Waals surface area contributed by atoms with E-state index in [1.54, 1.807) is 5.57 Å². The minimum absolute atomic E-state index is 0.0556. The average Bonchev–Trinajstić information content (AvgIpc) is 2.47. The Morgan fingerprint density at radius 2 is 2.13 bits per heavy atom. The normalized spacial score (nSPS) is 40.5. The molecule has 0 aromatic carbocycles. The first-order valence-electron chi connectivity index (χ1n) is 6.45. The molecule has 0 spiro atoms. The molecule has 0 saturated heterocycles. The molecule has 4 unspecified atom stereocenters. The van der Waals surface area contributed by atoms with E-state index in [9.17, 15) is 5.11 Å². The highest BCUT2D eigenvalue weighted by atomic mass is 16.3. The molecule has 0 aromatic heterocycles. The zero-order valence-electron chi connectivity index (χ0n) is 10.2. The molecular weight excluding hydrogens is 184 g/mol. The van der Waals surface area contributed by atoms with Crippen LogP contribution in [-0.4, -0.2) is 11.2 Å². The first-order valence-corrected chi connectivity index (χ1v) is 6.45. The van der Waals surface area contributed by atoms with Crippen molar-refractivity contribution in [3.8, 4) is 0 Å². The molecule has 1 heteroatoms. The van der Waals surface area contributed by atoms with Gasteiger partial charge in [-0.05, 0) is 43.4 Å². The van der Waals surface area contributed by atoms with E-state index in [2.05, 4.69) is 26.8 Å². The van der Waals surface area contributed by atoms with Crippen LogP contribution in [0.25, 0.3) is 0 Å². The van der Waals surface area contributed by atoms with Gasteiger partial charge in [-0.1, -0.05) is 32.4 Å². The van der Waals surface area contributed by atoms with Crippen LogP contribution in [0.4, 0.5) is 0 Å². The van der Waals surface area contributed by atoms with Gasteiger partial charge in [0.2, 0.25) is 0 Å². The van der Waals surface area contributed by atoms with E-state index >= 15 is 0 Å². The van der Waals surface area contributed by atoms with Crippen molar-refractivity contribution < 1.29 is 5.11 Å². The summed E-state index contributed by atoms with van der Waals surface area (Å²) in [4.78, 5) is 0. The van der Waals surface area contributed by atoms with E-state index < -0.39 is 0 Å². The number of aliphatic hydroxyl groups excluding tert-OH is 1. The number of hydrogen-bond donors (Lipinski definition) is 1. The van der Waals surface area contributed by atoms with Crippen molar-refractivity contribution in [2.45, 2.75) is 52.6 Å². The van der Waals surface area contributed by atoms with Crippen LogP contribution in [0, 0.1) is 23.7 Å². The predicted octanol–water partition coefficient (Wildman–Crippen LogP) is 3.39. The lowest BCUT2D eigenvalue weighted by Gasteiger charge is -2.32. The van der Waals surface area contributed by atoms with Gasteiger partial charge < -0.3 is 5.11 Å². The van der Waals surface area contributed by atoms with Crippen molar-refractivity contribution in [3.05, 3.63) is 11.6 Å². The molecule has 0 aliphatic heterocycles. The van der Waals surface area contributed by atoms with E-state index in [1.807, 2.05) is 0 Å². The van der Waals surface area contributed by atoms with Crippen molar-refractivity contribution in [3.63, 3.8) is 0 Å². The van der Waals surface area contributed by atoms with Crippen molar-refractivity contribution >= 4 is 0 Å². The van der Waals surface area contributed by atoms with E-state index in [0.29, 0.717) is 5.92 Å². The molecule has 0 amide bonds. The lowest BCUT2D eigenvalue weighted by atomic mass is 9.74. The zero-order valence-corrected chi connectivity index (χ0v) is 10.2. The minimum Gasteiger partial charge on any atom is -0.393 e. The number of allylic oxidation sites excluding steroid dienone is 1. The average molecular weight is 208 g/mol. The Morgan fingerprint density at radius 1 is 1.40 bits per heavy atom. The Morgan fingerprint density at radius 3 is 2.80 bits per heavy atom. The highest BCUT2D eigenvalue weighted by Crippen LogP contribution is 2.45. The molecule has 1 fully saturated rings. The smallest absolute Gasteiger partial charge is 0.0605 e. The van der Waals surface area contributed by atoms with E-state index in [4.69, 9.17) is 0 Å². The van der Waals surface area contributed by atoms with Crippen LogP contribution in [-0.2, 0) is 0 Å². The summed E-state index contributed by atoms with van der Waals surface area (Å²) in [6.45, 7) is 6.92. The summed E-state index contributed by atoms with van der Waals surface area (Å²) in [5.74, 6) is 2.77. The standard InChI is InChI=1S/C14H24O/c1-9(2)6-11-7-10(3)12-4-5-14(15)13(12)8-11/h8-10,12-15H,4-7H2,1-3H3. The van der Waals surface area contributed by atoms with Crippen LogP contribution in [0.2, 0.25) is 0 Å². The minimum atomic E-state index is -0.0556. The van der Waals surface area contributed by atoms with Gasteiger partial charge in [0.1, 0.15) is 0 Å². The van der Waals surface area contributed by atoms with Gasteiger partial charge in [-0.15, -0.1) is 0 Å². The van der Waals surface area contributed by atoms with Crippen LogP contribution >= 0.6 is 0 Å². The highest BCUT2D eigenvalue weighted by Gasteiger charge is 2.39. The molecule has 4 atom stereocenters. The van der Waals surface area contributed by atoms with E-state index in [0.717, 1.165) is 24.2 Å². The topological polar surface area (TPSA) is 20.2 Å². The summed E-state index contributed by atoms with van der Waals surface area (Å²) in [5.41, 5.74) is 1.60. The quantitative estimate of drug-likeness (QED) is 0.690. The number of hydrogen-bond acceptors (Lipinski definition) is 1. The van der Waals surface area contributed by atoms with Crippen molar-refractivity contribution in [2.75, 3.05) is 0 Å². The number of rotatable bonds is 2. The molecule has 2 rings (SSSR count). The Balaban J connectivity index is 2.11. The fourth-order valence-electron chi connectivity index (χ4n) is 3.51. The van der Waals surface area contributed by atoms with Crippen molar-refractivity contribution in [1.29, 1.82) is 0 Å². The Hall–Kier alpha value is -0.300. The van der Waals surface area contributed by atoms with E-state index in [1.165, 1.54) is 19.3 Å². The van der Waals surface area contributed by atoms with Gasteiger partial charge >= 0.3 is 0 Å². The zero-order chi connectivity index (χ0) is 11.0. The van der Waals surface area contributed by atoms with E-state index in [-0.39, 0.29) is 6.10 Å². The van der Waals surface area contributed by atoms with Gasteiger partial charge in [0.05, 0.1) is 6.10 Å². The molecule has 1 nitrogen and oxygen atoms in total. The first-order chi connectivity index (χ1) is 7.08. The summed E-state index contributed by atoms with van der Waals surface area (Å²) >= 11 is 0. The second-order valence-electron chi connectivity index (χ2n) is 5.99. The number of fused-ring (bicyclic) bond motifs is 1. The third-order valence-electron chi connectivity index (χ3n) is 4.15. The molecular formula is C14H24O. The lowest BCUT2D eigenvalue weighted by Crippen LogP contribution is -2.26. The summed E-state index contributed by atoms with van der Waals surface area (Å²) in [6, 6.07) is 0. The third kappa shape index (κ3) is 2.28. The fraction of sp³-hybridized carbons (Fsp3) is 0.857. The van der Waals surface area contributed by atoms with Gasteiger partial charge in [-0.2, -0.15) is 0 Å². The Labute approximate surface area is 93.6 Å². The molecule has 0 aromatic rings. The molecule has 0 heterocycles. The second kappa shape index (κ2) is 4.29. The molecule has 2 aliphatic rings. The molecule has 0 radical (unpaired) electrons. The maximum Gasteiger partial charge on any atom is 0.0605 e. The van der Waals surface area contributed by atoms with Crippen LogP contribution < -0.4 is 0 Å². The van der Waals surface area contributed by atoms with Gasteiger partial charge in [0.15, 0.2) is 0 Å². The highest BCUT2D eigenvalue weighted by molar-refractivity contribution is 5.15. The lowest BCUT2D eigenvalue weighted by molar-refractivity contribution is 0.125. The van der Waals surface area contributed by atoms with Crippen molar-refractivity contribution in [2.24, 2.45) is 23.7 Å². The molecule has 15 heavy (non-hydrogen) atoms. The van der Waals surface area contributed by atoms with Crippen LogP contribution in [0.5, 0.6) is 0 Å². The predicted molar refractivity (Wildman–Crippen MR) is 63.5 cm³/mol. The van der Waals surface area contributed by atoms with Gasteiger partial charge in [0.25, 0.3) is 0 Å². The van der Waals surface area contributed by atoms with Gasteiger partial charge in [-0.25, -0.2) is 0 Å². The van der Waals surface area contributed by atoms with Gasteiger partial charge in [0, 0.05) is 5.92 Å². The third-order valence-corrected chi connectivity index (χ3v) is 4.15. The number of aliphatic hydroxyl groups is 1. The summed E-state index contributed by atoms with van der Waals surface area (Å²) < 4.78 is 0. The first kappa shape index (κ1) is 11.2. The van der Waals surface area contributed by atoms with Crippen LogP contribution in [0.3, 0.4) is 0 Å². The molecule has 2 aliphatic carbocycles. The molecule has 0 bridgehead atoms. The van der Waals surface area contributed by atoms with Crippen LogP contribution in [0.1, 0.15) is 46.5 Å². The summed E-state index contributed by atoms with van der Waals surface area (Å²) in [5, 5.41) is 9.95.